The van der Waals surface area contributed by atoms with Gasteiger partial charge in [-0.05, 0) is 53.2 Å². The Bertz CT molecular complexity index is 935. The molecule has 1 aliphatic heterocycles. The number of morpholine rings is 1. The molecular weight excluding hydrogens is 501 g/mol. The van der Waals surface area contributed by atoms with Gasteiger partial charge in [0.25, 0.3) is 0 Å². The topological polar surface area (TPSA) is 48.0 Å². The van der Waals surface area contributed by atoms with Crippen LogP contribution in [0.4, 0.5) is 0 Å². The summed E-state index contributed by atoms with van der Waals surface area (Å²) in [6, 6.07) is 8.17. The number of hydrogen-bond donors (Lipinski definition) is 0. The van der Waals surface area contributed by atoms with Gasteiger partial charge in [-0.2, -0.15) is 0 Å². The van der Waals surface area contributed by atoms with E-state index in [1.165, 1.54) is 12.1 Å². The molecule has 1 aliphatic rings. The Kier molecular flexibility index (Phi) is 7.76. The summed E-state index contributed by atoms with van der Waals surface area (Å²) < 4.78 is 17.2. The zero-order valence-electron chi connectivity index (χ0n) is 15.5. The molecule has 0 radical (unpaired) electrons. The molecule has 0 atom stereocenters. The van der Waals surface area contributed by atoms with Crippen molar-refractivity contribution in [1.82, 2.24) is 4.90 Å². The summed E-state index contributed by atoms with van der Waals surface area (Å²) in [6.45, 7) is 4.97. The number of nitrogens with zero attached hydrogens (tertiary/aromatic N) is 1. The van der Waals surface area contributed by atoms with E-state index >= 15 is 0 Å². The van der Waals surface area contributed by atoms with Crippen molar-refractivity contribution in [1.29, 1.82) is 0 Å². The number of carbonyl (C=O) groups is 1. The van der Waals surface area contributed by atoms with E-state index in [2.05, 4.69) is 20.8 Å². The molecule has 1 saturated heterocycles. The van der Waals surface area contributed by atoms with E-state index in [1.54, 1.807) is 12.1 Å². The van der Waals surface area contributed by atoms with Gasteiger partial charge in [-0.25, -0.2) is 4.79 Å². The van der Waals surface area contributed by atoms with Crippen LogP contribution >= 0.6 is 51.3 Å². The Balaban J connectivity index is 1.89. The fourth-order valence-corrected chi connectivity index (χ4v) is 4.11. The normalized spacial score (nSPS) is 13.9. The maximum Gasteiger partial charge on any atom is 0.345 e. The predicted molar refractivity (Wildman–Crippen MR) is 121 cm³/mol. The average molecular weight is 519 g/mol. The van der Waals surface area contributed by atoms with E-state index in [1.807, 2.05) is 13.0 Å². The van der Waals surface area contributed by atoms with E-state index in [-0.39, 0.29) is 16.3 Å². The van der Waals surface area contributed by atoms with Crippen molar-refractivity contribution < 1.29 is 19.0 Å². The lowest BCUT2D eigenvalue weighted by atomic mass is 10.1. The third-order valence-electron chi connectivity index (χ3n) is 4.20. The van der Waals surface area contributed by atoms with Gasteiger partial charge in [0.2, 0.25) is 0 Å². The number of thiocarbonyl (C=S) groups is 1. The zero-order chi connectivity index (χ0) is 21.0. The Hall–Kier alpha value is -1.38. The second kappa shape index (κ2) is 10.1. The Morgan fingerprint density at radius 1 is 1.24 bits per heavy atom. The molecule has 1 fully saturated rings. The van der Waals surface area contributed by atoms with Gasteiger partial charge in [0, 0.05) is 23.7 Å². The number of esters is 1. The summed E-state index contributed by atoms with van der Waals surface area (Å²) in [4.78, 5) is 15.4. The molecular formula is C20H18BrCl2NO4S. The molecule has 1 heterocycles. The first-order valence-corrected chi connectivity index (χ1v) is 10.9. The minimum absolute atomic E-state index is 0.207. The number of halogens is 3. The summed E-state index contributed by atoms with van der Waals surface area (Å²) in [6.07, 6.45) is 0. The molecule has 0 N–H and O–H groups in total. The van der Waals surface area contributed by atoms with Gasteiger partial charge >= 0.3 is 5.97 Å². The van der Waals surface area contributed by atoms with E-state index in [4.69, 9.17) is 49.6 Å². The third-order valence-corrected chi connectivity index (χ3v) is 5.83. The maximum absolute atomic E-state index is 12.6. The molecule has 154 valence electrons. The third kappa shape index (κ3) is 5.41. The van der Waals surface area contributed by atoms with E-state index in [0.717, 1.165) is 18.7 Å². The highest BCUT2D eigenvalue weighted by Gasteiger charge is 2.22. The first kappa shape index (κ1) is 22.3. The summed E-state index contributed by atoms with van der Waals surface area (Å²) >= 11 is 21.1. The first-order valence-electron chi connectivity index (χ1n) is 8.91. The minimum Gasteiger partial charge on any atom is -0.490 e. The Morgan fingerprint density at radius 2 is 1.97 bits per heavy atom. The predicted octanol–water partition coefficient (Wildman–Crippen LogP) is 5.38. The smallest absolute Gasteiger partial charge is 0.345 e. The van der Waals surface area contributed by atoms with Crippen LogP contribution in [-0.2, 0) is 4.74 Å². The lowest BCUT2D eigenvalue weighted by molar-refractivity contribution is 0.0692. The number of hydrogen-bond acceptors (Lipinski definition) is 5. The summed E-state index contributed by atoms with van der Waals surface area (Å²) in [5, 5.41) is 0.644. The maximum atomic E-state index is 12.6. The van der Waals surface area contributed by atoms with Gasteiger partial charge in [0.15, 0.2) is 11.5 Å². The molecule has 0 spiro atoms. The quantitative estimate of drug-likeness (QED) is 0.301. The standard InChI is InChI=1S/C20H18BrCl2NO4S/c1-2-27-17-10-12(19(29)24-5-7-26-8-6-24)9-15(21)18(17)28-20(25)14-4-3-13(22)11-16(14)23/h3-4,9-11H,2,5-8H2,1H3. The summed E-state index contributed by atoms with van der Waals surface area (Å²) in [5.41, 5.74) is 1.000. The van der Waals surface area contributed by atoms with Gasteiger partial charge in [0.1, 0.15) is 4.99 Å². The fourth-order valence-electron chi connectivity index (χ4n) is 2.81. The van der Waals surface area contributed by atoms with Crippen molar-refractivity contribution in [2.24, 2.45) is 0 Å². The molecule has 0 unspecified atom stereocenters. The van der Waals surface area contributed by atoms with Gasteiger partial charge in [-0.3, -0.25) is 0 Å². The van der Waals surface area contributed by atoms with Gasteiger partial charge in [-0.15, -0.1) is 0 Å². The zero-order valence-corrected chi connectivity index (χ0v) is 19.5. The molecule has 2 aromatic carbocycles. The Labute approximate surface area is 192 Å². The number of rotatable bonds is 5. The molecule has 3 rings (SSSR count). The summed E-state index contributed by atoms with van der Waals surface area (Å²) in [7, 11) is 0. The van der Waals surface area contributed by atoms with Crippen LogP contribution < -0.4 is 9.47 Å². The van der Waals surface area contributed by atoms with Gasteiger partial charge in [0.05, 0.1) is 34.9 Å². The first-order chi connectivity index (χ1) is 13.9. The molecule has 0 saturated carbocycles. The van der Waals surface area contributed by atoms with Crippen molar-refractivity contribution in [2.45, 2.75) is 6.92 Å². The molecule has 0 aromatic heterocycles. The molecule has 9 heteroatoms. The lowest BCUT2D eigenvalue weighted by Gasteiger charge is -2.29. The van der Waals surface area contributed by atoms with Crippen LogP contribution in [0.2, 0.25) is 10.0 Å². The van der Waals surface area contributed by atoms with Crippen LogP contribution in [0.25, 0.3) is 0 Å². The van der Waals surface area contributed by atoms with Crippen molar-refractivity contribution in [2.75, 3.05) is 32.9 Å². The molecule has 0 amide bonds. The van der Waals surface area contributed by atoms with Crippen LogP contribution in [-0.4, -0.2) is 48.8 Å². The highest BCUT2D eigenvalue weighted by molar-refractivity contribution is 9.10. The Morgan fingerprint density at radius 3 is 2.62 bits per heavy atom. The molecule has 2 aromatic rings. The van der Waals surface area contributed by atoms with Crippen LogP contribution in [0.1, 0.15) is 22.8 Å². The van der Waals surface area contributed by atoms with Gasteiger partial charge < -0.3 is 19.1 Å². The van der Waals surface area contributed by atoms with E-state index < -0.39 is 5.97 Å². The fraction of sp³-hybridized carbons (Fsp3) is 0.300. The van der Waals surface area contributed by atoms with Crippen LogP contribution in [0, 0.1) is 0 Å². The molecule has 0 aliphatic carbocycles. The van der Waals surface area contributed by atoms with E-state index in [9.17, 15) is 4.79 Å². The second-order valence-corrected chi connectivity index (χ2v) is 8.22. The number of carbonyl (C=O) groups excluding carboxylic acids is 1. The van der Waals surface area contributed by atoms with Gasteiger partial charge in [-0.1, -0.05) is 35.4 Å². The van der Waals surface area contributed by atoms with Crippen LogP contribution in [0.15, 0.2) is 34.8 Å². The monoisotopic (exact) mass is 517 g/mol. The summed E-state index contributed by atoms with van der Waals surface area (Å²) in [5.74, 6) is 0.0548. The van der Waals surface area contributed by atoms with Crippen molar-refractivity contribution in [3.8, 4) is 11.5 Å². The molecule has 0 bridgehead atoms. The lowest BCUT2D eigenvalue weighted by Crippen LogP contribution is -2.40. The SMILES string of the molecule is CCOc1cc(C(=S)N2CCOCC2)cc(Br)c1OC(=O)c1ccc(Cl)cc1Cl. The minimum atomic E-state index is -0.614. The molecule has 29 heavy (non-hydrogen) atoms. The van der Waals surface area contributed by atoms with E-state index in [0.29, 0.717) is 40.1 Å². The molecule has 5 nitrogen and oxygen atoms in total. The second-order valence-electron chi connectivity index (χ2n) is 6.14. The van der Waals surface area contributed by atoms with Crippen molar-refractivity contribution in [3.05, 3.63) is 56.0 Å². The number of benzene rings is 2. The highest BCUT2D eigenvalue weighted by atomic mass is 79.9. The highest BCUT2D eigenvalue weighted by Crippen LogP contribution is 2.38. The van der Waals surface area contributed by atoms with Crippen molar-refractivity contribution in [3.63, 3.8) is 0 Å². The van der Waals surface area contributed by atoms with Crippen LogP contribution in [0.5, 0.6) is 11.5 Å². The van der Waals surface area contributed by atoms with Crippen molar-refractivity contribution >= 4 is 62.3 Å². The number of ether oxygens (including phenoxy) is 3. The largest absolute Gasteiger partial charge is 0.490 e. The van der Waals surface area contributed by atoms with Crippen LogP contribution in [0.3, 0.4) is 0 Å². The average Bonchev–Trinajstić information content (AvgIpc) is 2.70.